The van der Waals surface area contributed by atoms with Crippen molar-refractivity contribution in [2.75, 3.05) is 19.4 Å². The van der Waals surface area contributed by atoms with E-state index >= 15 is 0 Å². The zero-order valence-electron chi connectivity index (χ0n) is 10.3. The zero-order valence-corrected chi connectivity index (χ0v) is 11.1. The van der Waals surface area contributed by atoms with E-state index in [4.69, 9.17) is 9.84 Å². The van der Waals surface area contributed by atoms with Gasteiger partial charge in [0.2, 0.25) is 10.0 Å². The normalized spacial score (nSPS) is 26.6. The number of carboxylic acid groups (broad SMARTS) is 1. The molecule has 1 fully saturated rings. The van der Waals surface area contributed by atoms with Gasteiger partial charge in [-0.1, -0.05) is 13.8 Å². The third-order valence-corrected chi connectivity index (χ3v) is 4.94. The van der Waals surface area contributed by atoms with Crippen LogP contribution in [0, 0.1) is 5.92 Å². The molecule has 0 aliphatic carbocycles. The molecule has 2 unspecified atom stereocenters. The second kappa shape index (κ2) is 5.32. The molecule has 17 heavy (non-hydrogen) atoms. The quantitative estimate of drug-likeness (QED) is 0.764. The third-order valence-electron chi connectivity index (χ3n) is 2.74. The Labute approximate surface area is 102 Å². The van der Waals surface area contributed by atoms with Gasteiger partial charge in [-0.25, -0.2) is 8.42 Å². The van der Waals surface area contributed by atoms with Crippen molar-refractivity contribution in [2.45, 2.75) is 32.4 Å². The van der Waals surface area contributed by atoms with Crippen LogP contribution in [-0.4, -0.2) is 55.4 Å². The third kappa shape index (κ3) is 3.40. The molecule has 0 bridgehead atoms. The first-order valence-corrected chi connectivity index (χ1v) is 7.14. The number of aliphatic carboxylic acids is 1. The van der Waals surface area contributed by atoms with Crippen LogP contribution in [0.5, 0.6) is 0 Å². The highest BCUT2D eigenvalue weighted by molar-refractivity contribution is 7.89. The monoisotopic (exact) mass is 265 g/mol. The molecule has 1 aliphatic heterocycles. The average molecular weight is 265 g/mol. The van der Waals surface area contributed by atoms with Gasteiger partial charge in [0.05, 0.1) is 11.9 Å². The summed E-state index contributed by atoms with van der Waals surface area (Å²) in [6.07, 6.45) is -0.124. The minimum atomic E-state index is -3.52. The Bertz CT molecular complexity index is 378. The fourth-order valence-electron chi connectivity index (χ4n) is 1.99. The number of methoxy groups -OCH3 is 1. The van der Waals surface area contributed by atoms with Crippen LogP contribution in [-0.2, 0) is 19.6 Å². The summed E-state index contributed by atoms with van der Waals surface area (Å²) < 4.78 is 30.2. The van der Waals surface area contributed by atoms with Crippen LogP contribution < -0.4 is 0 Å². The van der Waals surface area contributed by atoms with Crippen molar-refractivity contribution in [3.8, 4) is 0 Å². The first kappa shape index (κ1) is 14.4. The number of carbonyl (C=O) groups is 1. The van der Waals surface area contributed by atoms with Gasteiger partial charge < -0.3 is 9.84 Å². The van der Waals surface area contributed by atoms with Gasteiger partial charge in [0.1, 0.15) is 6.04 Å². The van der Waals surface area contributed by atoms with Gasteiger partial charge in [0.25, 0.3) is 0 Å². The van der Waals surface area contributed by atoms with Gasteiger partial charge in [-0.3, -0.25) is 4.79 Å². The molecule has 0 spiro atoms. The number of rotatable bonds is 5. The molecule has 1 rings (SSSR count). The maximum Gasteiger partial charge on any atom is 0.322 e. The van der Waals surface area contributed by atoms with Crippen LogP contribution >= 0.6 is 0 Å². The summed E-state index contributed by atoms with van der Waals surface area (Å²) in [7, 11) is -2.06. The summed E-state index contributed by atoms with van der Waals surface area (Å²) >= 11 is 0. The lowest BCUT2D eigenvalue weighted by molar-refractivity contribution is -0.140. The Balaban J connectivity index is 2.90. The minimum absolute atomic E-state index is 0.0314. The summed E-state index contributed by atoms with van der Waals surface area (Å²) in [4.78, 5) is 11.0. The van der Waals surface area contributed by atoms with E-state index in [9.17, 15) is 13.2 Å². The van der Waals surface area contributed by atoms with E-state index in [1.165, 1.54) is 7.11 Å². The summed E-state index contributed by atoms with van der Waals surface area (Å²) in [6.45, 7) is 3.71. The second-order valence-electron chi connectivity index (χ2n) is 4.69. The highest BCUT2D eigenvalue weighted by atomic mass is 32.2. The van der Waals surface area contributed by atoms with Crippen molar-refractivity contribution in [1.82, 2.24) is 4.31 Å². The number of ether oxygens (including phenoxy) is 1. The lowest BCUT2D eigenvalue weighted by atomic mass is 10.2. The molecule has 1 saturated heterocycles. The molecule has 1 N–H and O–H groups in total. The summed E-state index contributed by atoms with van der Waals surface area (Å²) in [6, 6.07) is -0.997. The highest BCUT2D eigenvalue weighted by Crippen LogP contribution is 2.24. The maximum atomic E-state index is 12.0. The number of hydrogen-bond donors (Lipinski definition) is 1. The number of sulfonamides is 1. The van der Waals surface area contributed by atoms with E-state index in [1.54, 1.807) is 13.8 Å². The number of carboxylic acids is 1. The van der Waals surface area contributed by atoms with Gasteiger partial charge >= 0.3 is 5.97 Å². The molecular weight excluding hydrogens is 246 g/mol. The van der Waals surface area contributed by atoms with E-state index in [-0.39, 0.29) is 30.7 Å². The predicted molar refractivity (Wildman–Crippen MR) is 62.2 cm³/mol. The molecule has 0 aromatic heterocycles. The zero-order chi connectivity index (χ0) is 13.2. The molecule has 0 aromatic rings. The standard InChI is InChI=1S/C10H19NO5S/c1-7(2)6-17(14,15)11-5-8(16-3)4-9(11)10(12)13/h7-9H,4-6H2,1-3H3,(H,12,13). The Kier molecular flexibility index (Phi) is 4.51. The molecule has 7 heteroatoms. The molecule has 0 radical (unpaired) electrons. The topological polar surface area (TPSA) is 83.9 Å². The van der Waals surface area contributed by atoms with Crippen molar-refractivity contribution in [2.24, 2.45) is 5.92 Å². The molecule has 0 aromatic carbocycles. The molecule has 1 heterocycles. The fraction of sp³-hybridized carbons (Fsp3) is 0.900. The molecule has 1 aliphatic rings. The van der Waals surface area contributed by atoms with Crippen molar-refractivity contribution in [3.05, 3.63) is 0 Å². The second-order valence-corrected chi connectivity index (χ2v) is 6.66. The Morgan fingerprint density at radius 2 is 2.12 bits per heavy atom. The van der Waals surface area contributed by atoms with Gasteiger partial charge in [0.15, 0.2) is 0 Å². The average Bonchev–Trinajstić information content (AvgIpc) is 2.59. The van der Waals surface area contributed by atoms with Crippen molar-refractivity contribution >= 4 is 16.0 Å². The van der Waals surface area contributed by atoms with Crippen LogP contribution in [0.3, 0.4) is 0 Å². The summed E-state index contributed by atoms with van der Waals surface area (Å²) in [5.74, 6) is -1.18. The van der Waals surface area contributed by atoms with Crippen LogP contribution in [0.15, 0.2) is 0 Å². The van der Waals surface area contributed by atoms with Gasteiger partial charge in [0, 0.05) is 20.1 Å². The van der Waals surface area contributed by atoms with Gasteiger partial charge in [-0.2, -0.15) is 4.31 Å². The predicted octanol–water partition coefficient (Wildman–Crippen LogP) is 0.146. The lowest BCUT2D eigenvalue weighted by Gasteiger charge is -2.21. The molecule has 100 valence electrons. The van der Waals surface area contributed by atoms with Crippen molar-refractivity contribution in [3.63, 3.8) is 0 Å². The molecule has 0 amide bonds. The van der Waals surface area contributed by atoms with Crippen LogP contribution in [0.1, 0.15) is 20.3 Å². The maximum absolute atomic E-state index is 12.0. The Morgan fingerprint density at radius 3 is 2.53 bits per heavy atom. The smallest absolute Gasteiger partial charge is 0.322 e. The molecule has 0 saturated carbocycles. The SMILES string of the molecule is COC1CC(C(=O)O)N(S(=O)(=O)CC(C)C)C1. The Morgan fingerprint density at radius 1 is 1.53 bits per heavy atom. The largest absolute Gasteiger partial charge is 0.480 e. The van der Waals surface area contributed by atoms with Crippen LogP contribution in [0.25, 0.3) is 0 Å². The molecule has 6 nitrogen and oxygen atoms in total. The van der Waals surface area contributed by atoms with E-state index in [1.807, 2.05) is 0 Å². The summed E-state index contributed by atoms with van der Waals surface area (Å²) in [5.41, 5.74) is 0. The molecule has 2 atom stereocenters. The number of nitrogens with zero attached hydrogens (tertiary/aromatic N) is 1. The van der Waals surface area contributed by atoms with E-state index in [2.05, 4.69) is 0 Å². The number of hydrogen-bond acceptors (Lipinski definition) is 4. The van der Waals surface area contributed by atoms with Gasteiger partial charge in [-0.15, -0.1) is 0 Å². The van der Waals surface area contributed by atoms with Crippen LogP contribution in [0.4, 0.5) is 0 Å². The van der Waals surface area contributed by atoms with Crippen molar-refractivity contribution in [1.29, 1.82) is 0 Å². The highest BCUT2D eigenvalue weighted by Gasteiger charge is 2.43. The summed E-state index contributed by atoms with van der Waals surface area (Å²) in [5, 5.41) is 9.03. The van der Waals surface area contributed by atoms with E-state index < -0.39 is 22.0 Å². The lowest BCUT2D eigenvalue weighted by Crippen LogP contribution is -2.42. The first-order chi connectivity index (χ1) is 7.77. The van der Waals surface area contributed by atoms with E-state index in [0.29, 0.717) is 0 Å². The van der Waals surface area contributed by atoms with E-state index in [0.717, 1.165) is 4.31 Å². The van der Waals surface area contributed by atoms with Crippen molar-refractivity contribution < 1.29 is 23.1 Å². The fourth-order valence-corrected chi connectivity index (χ4v) is 3.98. The van der Waals surface area contributed by atoms with Gasteiger partial charge in [-0.05, 0) is 5.92 Å². The molecular formula is C10H19NO5S. The van der Waals surface area contributed by atoms with Crippen LogP contribution in [0.2, 0.25) is 0 Å². The Hall–Kier alpha value is -0.660. The first-order valence-electron chi connectivity index (χ1n) is 5.53. The minimum Gasteiger partial charge on any atom is -0.480 e.